The zero-order chi connectivity index (χ0) is 26.3. The summed E-state index contributed by atoms with van der Waals surface area (Å²) in [6.45, 7) is -0.424. The minimum atomic E-state index is -4.77. The third kappa shape index (κ3) is 5.10. The van der Waals surface area contributed by atoms with E-state index in [-0.39, 0.29) is 28.0 Å². The van der Waals surface area contributed by atoms with E-state index in [1.807, 2.05) is 0 Å². The second-order valence-electron chi connectivity index (χ2n) is 7.83. The van der Waals surface area contributed by atoms with E-state index in [4.69, 9.17) is 5.73 Å². The van der Waals surface area contributed by atoms with Crippen LogP contribution >= 0.6 is 0 Å². The fraction of sp³-hybridized carbons (Fsp3) is 0.130. The fourth-order valence-electron chi connectivity index (χ4n) is 3.54. The molecule has 3 aromatic heterocycles. The molecule has 0 unspecified atom stereocenters. The van der Waals surface area contributed by atoms with Gasteiger partial charge in [0.25, 0.3) is 5.91 Å². The number of pyridine rings is 3. The largest absolute Gasteiger partial charge is 0.417 e. The van der Waals surface area contributed by atoms with Crippen LogP contribution in [0, 0.1) is 5.82 Å². The van der Waals surface area contributed by atoms with Crippen LogP contribution in [-0.2, 0) is 22.6 Å². The van der Waals surface area contributed by atoms with Crippen molar-refractivity contribution in [1.29, 1.82) is 0 Å². The lowest BCUT2D eigenvalue weighted by Crippen LogP contribution is -2.32. The van der Waals surface area contributed by atoms with E-state index >= 15 is 0 Å². The summed E-state index contributed by atoms with van der Waals surface area (Å²) in [4.78, 5) is 25.8. The molecule has 0 fully saturated rings. The van der Waals surface area contributed by atoms with Crippen LogP contribution in [0.5, 0.6) is 0 Å². The van der Waals surface area contributed by atoms with Crippen LogP contribution in [0.1, 0.15) is 21.5 Å². The summed E-state index contributed by atoms with van der Waals surface area (Å²) < 4.78 is 79.2. The number of sulfone groups is 1. The lowest BCUT2D eigenvalue weighted by atomic mass is 10.1. The monoisotopic (exact) mass is 519 g/mol. The highest BCUT2D eigenvalue weighted by molar-refractivity contribution is 7.90. The maximum Gasteiger partial charge on any atom is 0.417 e. The third-order valence-corrected chi connectivity index (χ3v) is 6.15. The maximum atomic E-state index is 14.8. The molecule has 0 aliphatic heterocycles. The number of nitrogens with two attached hydrogens (primary N) is 1. The molecule has 36 heavy (non-hydrogen) atoms. The summed E-state index contributed by atoms with van der Waals surface area (Å²) >= 11 is 0. The fourth-order valence-corrected chi connectivity index (χ4v) is 4.35. The van der Waals surface area contributed by atoms with Gasteiger partial charge in [-0.1, -0.05) is 0 Å². The quantitative estimate of drug-likeness (QED) is 0.396. The molecule has 0 spiro atoms. The van der Waals surface area contributed by atoms with Gasteiger partial charge in [0.05, 0.1) is 28.9 Å². The Bertz CT molecular complexity index is 1590. The summed E-state index contributed by atoms with van der Waals surface area (Å²) in [5, 5.41) is -0.326. The van der Waals surface area contributed by atoms with E-state index < -0.39 is 50.4 Å². The number of amides is 1. The lowest BCUT2D eigenvalue weighted by molar-refractivity contribution is -0.137. The first kappa shape index (κ1) is 25.0. The Hall–Kier alpha value is -4.13. The zero-order valence-electron chi connectivity index (χ0n) is 18.5. The Labute approximate surface area is 202 Å². The molecule has 0 radical (unpaired) electrons. The van der Waals surface area contributed by atoms with Gasteiger partial charge in [0, 0.05) is 30.2 Å². The van der Waals surface area contributed by atoms with E-state index in [1.54, 1.807) is 0 Å². The summed E-state index contributed by atoms with van der Waals surface area (Å²) in [7, 11) is -3.97. The molecule has 1 aromatic carbocycles. The Kier molecular flexibility index (Phi) is 6.35. The molecule has 8 nitrogen and oxygen atoms in total. The van der Waals surface area contributed by atoms with Crippen LogP contribution < -0.4 is 10.6 Å². The van der Waals surface area contributed by atoms with Crippen molar-refractivity contribution in [2.24, 2.45) is 0 Å². The molecule has 2 N–H and O–H groups in total. The number of alkyl halides is 3. The van der Waals surface area contributed by atoms with Gasteiger partial charge in [0.2, 0.25) is 0 Å². The van der Waals surface area contributed by atoms with Gasteiger partial charge in [0.1, 0.15) is 11.6 Å². The summed E-state index contributed by atoms with van der Waals surface area (Å²) in [6, 6.07) is 8.62. The Balaban J connectivity index is 1.88. The number of anilines is 2. The number of fused-ring (bicyclic) bond motifs is 1. The Morgan fingerprint density at radius 1 is 1.11 bits per heavy atom. The summed E-state index contributed by atoms with van der Waals surface area (Å²) in [5.41, 5.74) is 4.20. The molecule has 0 saturated carbocycles. The number of rotatable bonds is 5. The van der Waals surface area contributed by atoms with Gasteiger partial charge in [-0.05, 0) is 48.0 Å². The summed E-state index contributed by atoms with van der Waals surface area (Å²) in [5.74, 6) is -1.57. The molecule has 0 bridgehead atoms. The third-order valence-electron chi connectivity index (χ3n) is 5.13. The second-order valence-corrected chi connectivity index (χ2v) is 9.76. The van der Waals surface area contributed by atoms with E-state index in [0.717, 1.165) is 23.4 Å². The molecule has 0 saturated heterocycles. The second kappa shape index (κ2) is 9.15. The van der Waals surface area contributed by atoms with Crippen molar-refractivity contribution >= 4 is 38.2 Å². The number of nitrogens with zero attached hydrogens (tertiary/aromatic N) is 4. The van der Waals surface area contributed by atoms with Crippen LogP contribution in [0.2, 0.25) is 0 Å². The molecule has 4 rings (SSSR count). The van der Waals surface area contributed by atoms with E-state index in [2.05, 4.69) is 15.0 Å². The van der Waals surface area contributed by atoms with Crippen molar-refractivity contribution in [2.45, 2.75) is 17.7 Å². The molecule has 0 aliphatic carbocycles. The predicted octanol–water partition coefficient (Wildman–Crippen LogP) is 4.02. The van der Waals surface area contributed by atoms with Crippen LogP contribution in [0.15, 0.2) is 66.1 Å². The number of carbonyl (C=O) groups is 1. The highest BCUT2D eigenvalue weighted by Gasteiger charge is 2.33. The van der Waals surface area contributed by atoms with Crippen molar-refractivity contribution < 1.29 is 30.8 Å². The minimum absolute atomic E-state index is 0.119. The minimum Gasteiger partial charge on any atom is -0.384 e. The first-order valence-corrected chi connectivity index (χ1v) is 12.1. The summed E-state index contributed by atoms with van der Waals surface area (Å²) in [6.07, 6.45) is -1.23. The van der Waals surface area contributed by atoms with Crippen molar-refractivity contribution in [3.8, 4) is 0 Å². The van der Waals surface area contributed by atoms with Crippen LogP contribution in [0.4, 0.5) is 29.1 Å². The van der Waals surface area contributed by atoms with Gasteiger partial charge in [-0.25, -0.2) is 22.8 Å². The normalized spacial score (nSPS) is 12.0. The van der Waals surface area contributed by atoms with Gasteiger partial charge in [0.15, 0.2) is 14.9 Å². The van der Waals surface area contributed by atoms with E-state index in [1.165, 1.54) is 36.5 Å². The van der Waals surface area contributed by atoms with Crippen molar-refractivity contribution in [3.05, 3.63) is 83.6 Å². The molecule has 1 amide bonds. The predicted molar refractivity (Wildman–Crippen MR) is 123 cm³/mol. The molecule has 3 heterocycles. The molecule has 0 atom stereocenters. The molecular weight excluding hydrogens is 502 g/mol. The highest BCUT2D eigenvalue weighted by Crippen LogP contribution is 2.31. The number of halogens is 4. The number of nitrogen functional groups attached to an aromatic ring is 1. The van der Waals surface area contributed by atoms with Gasteiger partial charge in [-0.2, -0.15) is 13.2 Å². The average molecular weight is 519 g/mol. The number of aromatic nitrogens is 3. The van der Waals surface area contributed by atoms with Gasteiger partial charge in [-0.15, -0.1) is 0 Å². The number of hydrogen-bond acceptors (Lipinski definition) is 7. The first-order chi connectivity index (χ1) is 16.8. The lowest BCUT2D eigenvalue weighted by Gasteiger charge is -2.25. The number of carbonyl (C=O) groups excluding carboxylic acids is 1. The Morgan fingerprint density at radius 2 is 1.86 bits per heavy atom. The van der Waals surface area contributed by atoms with Gasteiger partial charge < -0.3 is 10.6 Å². The molecule has 186 valence electrons. The SMILES string of the molecule is CS(=O)(=O)c1ncccc1N(Cc1cc(F)c2ccc(N)nc2c1)C(=O)c1cncc(C(F)(F)F)c1. The van der Waals surface area contributed by atoms with Crippen molar-refractivity contribution in [3.63, 3.8) is 0 Å². The highest BCUT2D eigenvalue weighted by atomic mass is 32.2. The molecular formula is C23H17F4N5O3S. The maximum absolute atomic E-state index is 14.8. The van der Waals surface area contributed by atoms with Crippen LogP contribution in [0.25, 0.3) is 10.9 Å². The van der Waals surface area contributed by atoms with Gasteiger partial charge in [-0.3, -0.25) is 9.78 Å². The molecule has 0 aliphatic rings. The smallest absolute Gasteiger partial charge is 0.384 e. The average Bonchev–Trinajstić information content (AvgIpc) is 2.81. The Morgan fingerprint density at radius 3 is 2.56 bits per heavy atom. The van der Waals surface area contributed by atoms with Crippen molar-refractivity contribution in [2.75, 3.05) is 16.9 Å². The standard InChI is InChI=1S/C23H17F4N5O3S/c1-36(34,35)21-19(3-2-6-30-21)32(22(33)14-9-15(11-29-10-14)23(25,26)27)12-13-7-17(24)16-4-5-20(28)31-18(16)8-13/h2-11H,12H2,1H3,(H2,28,31). The topological polar surface area (TPSA) is 119 Å². The first-order valence-electron chi connectivity index (χ1n) is 10.2. The number of benzene rings is 1. The van der Waals surface area contributed by atoms with Crippen LogP contribution in [0.3, 0.4) is 0 Å². The molecule has 13 heteroatoms. The zero-order valence-corrected chi connectivity index (χ0v) is 19.3. The van der Waals surface area contributed by atoms with Gasteiger partial charge >= 0.3 is 6.18 Å². The van der Waals surface area contributed by atoms with Crippen LogP contribution in [-0.4, -0.2) is 35.5 Å². The van der Waals surface area contributed by atoms with Crippen molar-refractivity contribution in [1.82, 2.24) is 15.0 Å². The number of hydrogen-bond donors (Lipinski definition) is 1. The van der Waals surface area contributed by atoms with E-state index in [9.17, 15) is 30.8 Å². The molecule has 4 aromatic rings. The van der Waals surface area contributed by atoms with E-state index in [0.29, 0.717) is 12.3 Å².